The molecule has 45 heavy (non-hydrogen) atoms. The van der Waals surface area contributed by atoms with Gasteiger partial charge >= 0.3 is 0 Å². The summed E-state index contributed by atoms with van der Waals surface area (Å²) in [6.45, 7) is 5.37. The number of carbonyl (C=O) groups is 1. The van der Waals surface area contributed by atoms with Crippen molar-refractivity contribution in [1.29, 1.82) is 0 Å². The van der Waals surface area contributed by atoms with Crippen LogP contribution in [-0.2, 0) is 6.54 Å². The number of amides is 1. The zero-order valence-corrected chi connectivity index (χ0v) is 25.3. The number of nitrogens with two attached hydrogens (primary N) is 1. The number of carbonyl (C=O) groups excluding carboxylic acids is 1. The van der Waals surface area contributed by atoms with Gasteiger partial charge in [0.15, 0.2) is 11.5 Å². The number of nitrogens with zero attached hydrogens (tertiary/aromatic N) is 6. The summed E-state index contributed by atoms with van der Waals surface area (Å²) in [7, 11) is 2.00. The Bertz CT molecular complexity index is 2180. The number of hydrogen-bond donors (Lipinski definition) is 2. The Hall–Kier alpha value is -5.69. The number of anilines is 2. The molecule has 0 bridgehead atoms. The first-order valence-corrected chi connectivity index (χ1v) is 15.0. The molecular weight excluding hydrogens is 564 g/mol. The number of hydrogen-bond acceptors (Lipinski definition) is 7. The average Bonchev–Trinajstić information content (AvgIpc) is 3.46. The summed E-state index contributed by atoms with van der Waals surface area (Å²) in [5.74, 6) is 6.61. The first-order chi connectivity index (χ1) is 21.8. The van der Waals surface area contributed by atoms with E-state index >= 15 is 0 Å². The number of nitrogens with one attached hydrogen (secondary N) is 1. The summed E-state index contributed by atoms with van der Waals surface area (Å²) in [5.41, 5.74) is 11.3. The van der Waals surface area contributed by atoms with E-state index in [0.29, 0.717) is 40.4 Å². The predicted molar refractivity (Wildman–Crippen MR) is 177 cm³/mol. The molecule has 5 heterocycles. The largest absolute Gasteiger partial charge is 0.381 e. The molecule has 3 N–H and O–H groups in total. The van der Waals surface area contributed by atoms with Crippen LogP contribution in [0.4, 0.5) is 11.5 Å². The maximum Gasteiger partial charge on any atom is 0.264 e. The normalized spacial score (nSPS) is 16.3. The van der Waals surface area contributed by atoms with Gasteiger partial charge in [-0.2, -0.15) is 0 Å². The minimum atomic E-state index is -0.578. The Kier molecular flexibility index (Phi) is 6.93. The van der Waals surface area contributed by atoms with Gasteiger partial charge < -0.3 is 16.0 Å². The molecule has 7 rings (SSSR count). The van der Waals surface area contributed by atoms with Gasteiger partial charge in [-0.25, -0.2) is 9.50 Å². The molecule has 2 aromatic carbocycles. The molecule has 224 valence electrons. The SMILES string of the molecule is CC1C=C(C#Cc2ccc3c4c(c([C@@H](C)NC(=O)c5c(N)nn6cccnc56)n(-c5ccccc5)c(=O)c24)CN3C)C=NCC1. The monoisotopic (exact) mass is 596 g/mol. The van der Waals surface area contributed by atoms with Gasteiger partial charge in [-0.3, -0.25) is 19.1 Å². The summed E-state index contributed by atoms with van der Waals surface area (Å²) in [6, 6.07) is 14.6. The maximum atomic E-state index is 14.7. The summed E-state index contributed by atoms with van der Waals surface area (Å²) >= 11 is 0. The van der Waals surface area contributed by atoms with Gasteiger partial charge in [0.05, 0.1) is 17.1 Å². The third-order valence-electron chi connectivity index (χ3n) is 8.43. The lowest BCUT2D eigenvalue weighted by Crippen LogP contribution is -2.34. The third kappa shape index (κ3) is 4.83. The van der Waals surface area contributed by atoms with Crippen molar-refractivity contribution in [2.24, 2.45) is 10.9 Å². The molecular formula is C35H32N8O2. The summed E-state index contributed by atoms with van der Waals surface area (Å²) in [6.07, 6.45) is 8.21. The Balaban J connectivity index is 1.42. The van der Waals surface area contributed by atoms with Crippen molar-refractivity contribution in [3.05, 3.63) is 105 Å². The number of aromatic nitrogens is 4. The zero-order valence-electron chi connectivity index (χ0n) is 25.3. The van der Waals surface area contributed by atoms with Crippen LogP contribution in [0.5, 0.6) is 0 Å². The van der Waals surface area contributed by atoms with Gasteiger partial charge in [-0.1, -0.05) is 43.0 Å². The van der Waals surface area contributed by atoms with Crippen molar-refractivity contribution in [2.75, 3.05) is 24.2 Å². The molecule has 0 radical (unpaired) electrons. The number of nitrogen functional groups attached to an aromatic ring is 1. The number of para-hydroxylation sites is 1. The van der Waals surface area contributed by atoms with Crippen LogP contribution in [0, 0.1) is 17.8 Å². The van der Waals surface area contributed by atoms with Gasteiger partial charge in [0.25, 0.3) is 11.5 Å². The van der Waals surface area contributed by atoms with E-state index in [-0.39, 0.29) is 16.9 Å². The molecule has 2 aliphatic heterocycles. The lowest BCUT2D eigenvalue weighted by Gasteiger charge is -2.23. The molecule has 3 aromatic heterocycles. The number of benzene rings is 2. The Labute approximate surface area is 259 Å². The highest BCUT2D eigenvalue weighted by Gasteiger charge is 2.31. The van der Waals surface area contributed by atoms with Gasteiger partial charge in [-0.05, 0) is 49.6 Å². The molecule has 5 aromatic rings. The summed E-state index contributed by atoms with van der Waals surface area (Å²) < 4.78 is 3.19. The average molecular weight is 597 g/mol. The minimum absolute atomic E-state index is 0.0790. The zero-order chi connectivity index (χ0) is 31.2. The van der Waals surface area contributed by atoms with Crippen molar-refractivity contribution >= 4 is 40.0 Å². The van der Waals surface area contributed by atoms with E-state index in [1.165, 1.54) is 4.52 Å². The maximum absolute atomic E-state index is 14.7. The fourth-order valence-corrected chi connectivity index (χ4v) is 6.34. The molecule has 2 aliphatic rings. The molecule has 1 amide bonds. The standard InChI is InChI=1S/C35H32N8O2/c1-21-14-16-37-19-23(18-21)10-11-24-12-13-27-29-26(20-41(27)3)31(43(35(45)28(24)29)25-8-5-4-6-9-25)22(2)39-34(44)30-32(36)40-42-17-7-15-38-33(30)42/h4-9,12-13,15,17-19,21-22H,14,16,20H2,1-3H3,(H2,36,40)(H,39,44)/t21?,22-/m1/s1. The van der Waals surface area contributed by atoms with E-state index < -0.39 is 11.9 Å². The molecule has 10 heteroatoms. The summed E-state index contributed by atoms with van der Waals surface area (Å²) in [5, 5.41) is 8.75. The second-order valence-corrected chi connectivity index (χ2v) is 11.6. The molecule has 2 atom stereocenters. The molecule has 10 nitrogen and oxygen atoms in total. The van der Waals surface area contributed by atoms with Crippen molar-refractivity contribution < 1.29 is 4.79 Å². The lowest BCUT2D eigenvalue weighted by atomic mass is 9.97. The van der Waals surface area contributed by atoms with Crippen molar-refractivity contribution in [2.45, 2.75) is 32.9 Å². The van der Waals surface area contributed by atoms with Crippen LogP contribution >= 0.6 is 0 Å². The number of allylic oxidation sites excluding steroid dienone is 2. The van der Waals surface area contributed by atoms with Gasteiger partial charge in [0, 0.05) is 72.2 Å². The Morgan fingerprint density at radius 2 is 1.93 bits per heavy atom. The molecule has 0 saturated carbocycles. The predicted octanol–water partition coefficient (Wildman–Crippen LogP) is 4.44. The second kappa shape index (κ2) is 11.1. The van der Waals surface area contributed by atoms with E-state index in [4.69, 9.17) is 5.73 Å². The van der Waals surface area contributed by atoms with Crippen LogP contribution in [0.1, 0.15) is 53.5 Å². The highest BCUT2D eigenvalue weighted by molar-refractivity contribution is 6.05. The van der Waals surface area contributed by atoms with Crippen LogP contribution in [-0.4, -0.2) is 44.9 Å². The molecule has 0 aliphatic carbocycles. The molecule has 0 spiro atoms. The third-order valence-corrected chi connectivity index (χ3v) is 8.43. The quantitative estimate of drug-likeness (QED) is 0.296. The fraction of sp³-hybridized carbons (Fsp3) is 0.229. The summed E-state index contributed by atoms with van der Waals surface area (Å²) in [4.78, 5) is 39.3. The van der Waals surface area contributed by atoms with Crippen molar-refractivity contribution in [3.8, 4) is 17.5 Å². The van der Waals surface area contributed by atoms with Crippen LogP contribution in [0.2, 0.25) is 0 Å². The van der Waals surface area contributed by atoms with E-state index in [1.807, 2.05) is 62.7 Å². The van der Waals surface area contributed by atoms with Gasteiger partial charge in [0.1, 0.15) is 5.56 Å². The Morgan fingerprint density at radius 3 is 2.76 bits per heavy atom. The highest BCUT2D eigenvalue weighted by atomic mass is 16.2. The van der Waals surface area contributed by atoms with Crippen LogP contribution in [0.15, 0.2) is 82.4 Å². The Morgan fingerprint density at radius 1 is 1.11 bits per heavy atom. The number of aliphatic imine (C=N–C) groups is 1. The van der Waals surface area contributed by atoms with E-state index in [9.17, 15) is 9.59 Å². The topological polar surface area (TPSA) is 123 Å². The van der Waals surface area contributed by atoms with Gasteiger partial charge in [-0.15, -0.1) is 5.10 Å². The minimum Gasteiger partial charge on any atom is -0.381 e. The molecule has 0 saturated heterocycles. The number of rotatable bonds is 4. The lowest BCUT2D eigenvalue weighted by molar-refractivity contribution is 0.0941. The van der Waals surface area contributed by atoms with E-state index in [1.54, 1.807) is 23.0 Å². The smallest absolute Gasteiger partial charge is 0.264 e. The molecule has 1 unspecified atom stereocenters. The first-order valence-electron chi connectivity index (χ1n) is 15.0. The number of fused-ring (bicyclic) bond motifs is 1. The first kappa shape index (κ1) is 28.1. The number of pyridine rings is 1. The van der Waals surface area contributed by atoms with Crippen molar-refractivity contribution in [3.63, 3.8) is 0 Å². The molecule has 0 fully saturated rings. The van der Waals surface area contributed by atoms with Crippen LogP contribution in [0.3, 0.4) is 0 Å². The van der Waals surface area contributed by atoms with E-state index in [2.05, 4.69) is 50.1 Å². The van der Waals surface area contributed by atoms with E-state index in [0.717, 1.165) is 35.2 Å². The van der Waals surface area contributed by atoms with Crippen LogP contribution in [0.25, 0.3) is 22.1 Å². The van der Waals surface area contributed by atoms with Crippen LogP contribution < -0.4 is 21.5 Å². The highest BCUT2D eigenvalue weighted by Crippen LogP contribution is 2.40. The fourth-order valence-electron chi connectivity index (χ4n) is 6.34. The second-order valence-electron chi connectivity index (χ2n) is 11.6. The van der Waals surface area contributed by atoms with Gasteiger partial charge in [0.2, 0.25) is 0 Å². The van der Waals surface area contributed by atoms with Crippen molar-refractivity contribution in [1.82, 2.24) is 24.5 Å².